The van der Waals surface area contributed by atoms with Crippen LogP contribution < -0.4 is 5.32 Å². The molecule has 0 aliphatic carbocycles. The maximum atomic E-state index is 12.0. The molecule has 0 spiro atoms. The van der Waals surface area contributed by atoms with Crippen LogP contribution in [-0.4, -0.2) is 22.7 Å². The molecular formula is C12H14BrClN2O3. The second kappa shape index (κ2) is 7.45. The Balaban J connectivity index is 2.85. The molecule has 0 radical (unpaired) electrons. The van der Waals surface area contributed by atoms with Crippen LogP contribution in [0.4, 0.5) is 5.69 Å². The molecule has 0 heterocycles. The van der Waals surface area contributed by atoms with Gasteiger partial charge < -0.3 is 5.32 Å². The van der Waals surface area contributed by atoms with Gasteiger partial charge >= 0.3 is 0 Å². The number of carbonyl (C=O) groups excluding carboxylic acids is 1. The molecule has 7 heteroatoms. The number of nitro benzene ring substituents is 1. The lowest BCUT2D eigenvalue weighted by Gasteiger charge is -2.11. The molecule has 0 fully saturated rings. The molecule has 19 heavy (non-hydrogen) atoms. The molecule has 0 saturated heterocycles. The van der Waals surface area contributed by atoms with Gasteiger partial charge in [-0.2, -0.15) is 0 Å². The number of halogens is 2. The van der Waals surface area contributed by atoms with E-state index in [1.54, 1.807) is 0 Å². The molecule has 0 bridgehead atoms. The maximum absolute atomic E-state index is 12.0. The van der Waals surface area contributed by atoms with Crippen molar-refractivity contribution in [2.75, 3.05) is 11.9 Å². The van der Waals surface area contributed by atoms with Crippen LogP contribution in [0.15, 0.2) is 18.2 Å². The number of amides is 1. The molecule has 1 atom stereocenters. The van der Waals surface area contributed by atoms with Crippen molar-refractivity contribution in [3.05, 3.63) is 38.9 Å². The third kappa shape index (κ3) is 4.47. The molecule has 0 aliphatic rings. The van der Waals surface area contributed by atoms with Crippen LogP contribution in [0.25, 0.3) is 0 Å². The van der Waals surface area contributed by atoms with Crippen LogP contribution in [-0.2, 0) is 0 Å². The standard InChI is InChI=1S/C12H14BrClN2O3/c1-8(5-6-13)7-15-12(17)11-9(14)3-2-4-10(11)16(18)19/h2-4,8H,5-7H2,1H3,(H,15,17). The topological polar surface area (TPSA) is 72.2 Å². The van der Waals surface area contributed by atoms with Crippen LogP contribution in [0, 0.1) is 16.0 Å². The van der Waals surface area contributed by atoms with Gasteiger partial charge in [0.05, 0.1) is 9.95 Å². The minimum Gasteiger partial charge on any atom is -0.352 e. The summed E-state index contributed by atoms with van der Waals surface area (Å²) >= 11 is 9.19. The smallest absolute Gasteiger partial charge is 0.283 e. The minimum atomic E-state index is -0.608. The highest BCUT2D eigenvalue weighted by Crippen LogP contribution is 2.26. The Morgan fingerprint density at radius 2 is 2.26 bits per heavy atom. The normalized spacial score (nSPS) is 11.9. The zero-order chi connectivity index (χ0) is 14.4. The van der Waals surface area contributed by atoms with Gasteiger partial charge in [-0.15, -0.1) is 0 Å². The zero-order valence-corrected chi connectivity index (χ0v) is 12.7. The number of hydrogen-bond donors (Lipinski definition) is 1. The highest BCUT2D eigenvalue weighted by atomic mass is 79.9. The number of alkyl halides is 1. The number of rotatable bonds is 6. The monoisotopic (exact) mass is 348 g/mol. The van der Waals surface area contributed by atoms with Crippen molar-refractivity contribution in [1.29, 1.82) is 0 Å². The number of nitrogens with zero attached hydrogens (tertiary/aromatic N) is 1. The molecule has 1 aromatic rings. The molecular weight excluding hydrogens is 336 g/mol. The third-order valence-corrected chi connectivity index (χ3v) is 3.40. The molecule has 1 aromatic carbocycles. The predicted octanol–water partition coefficient (Wildman–Crippen LogP) is 3.40. The Bertz CT molecular complexity index is 482. The summed E-state index contributed by atoms with van der Waals surface area (Å²) in [6, 6.07) is 4.18. The fraction of sp³-hybridized carbons (Fsp3) is 0.417. The van der Waals surface area contributed by atoms with E-state index in [2.05, 4.69) is 21.2 Å². The largest absolute Gasteiger partial charge is 0.352 e. The van der Waals surface area contributed by atoms with Gasteiger partial charge in [-0.1, -0.05) is 40.5 Å². The summed E-state index contributed by atoms with van der Waals surface area (Å²) in [5.74, 6) is -0.233. The third-order valence-electron chi connectivity index (χ3n) is 2.63. The molecule has 0 aromatic heterocycles. The first-order valence-electron chi connectivity index (χ1n) is 5.74. The average Bonchev–Trinajstić information content (AvgIpc) is 2.36. The van der Waals surface area contributed by atoms with Crippen LogP contribution in [0.5, 0.6) is 0 Å². The van der Waals surface area contributed by atoms with Crippen molar-refractivity contribution in [3.63, 3.8) is 0 Å². The Morgan fingerprint density at radius 1 is 1.58 bits per heavy atom. The van der Waals surface area contributed by atoms with Crippen LogP contribution >= 0.6 is 27.5 Å². The number of nitro groups is 1. The van der Waals surface area contributed by atoms with Crippen LogP contribution in [0.2, 0.25) is 5.02 Å². The van der Waals surface area contributed by atoms with Gasteiger partial charge in [0.1, 0.15) is 5.56 Å². The van der Waals surface area contributed by atoms with Crippen molar-refractivity contribution in [3.8, 4) is 0 Å². The lowest BCUT2D eigenvalue weighted by molar-refractivity contribution is -0.385. The lowest BCUT2D eigenvalue weighted by atomic mass is 10.1. The van der Waals surface area contributed by atoms with Gasteiger partial charge in [0, 0.05) is 17.9 Å². The van der Waals surface area contributed by atoms with Gasteiger partial charge in [0.15, 0.2) is 0 Å². The van der Waals surface area contributed by atoms with Crippen molar-refractivity contribution in [2.24, 2.45) is 5.92 Å². The fourth-order valence-electron chi connectivity index (χ4n) is 1.53. The number of hydrogen-bond acceptors (Lipinski definition) is 3. The van der Waals surface area contributed by atoms with E-state index in [9.17, 15) is 14.9 Å². The summed E-state index contributed by atoms with van der Waals surface area (Å²) in [4.78, 5) is 22.3. The van der Waals surface area contributed by atoms with E-state index >= 15 is 0 Å². The number of carbonyl (C=O) groups is 1. The summed E-state index contributed by atoms with van der Waals surface area (Å²) in [6.07, 6.45) is 0.908. The average molecular weight is 350 g/mol. The van der Waals surface area contributed by atoms with Crippen molar-refractivity contribution < 1.29 is 9.72 Å². The van der Waals surface area contributed by atoms with Crippen molar-refractivity contribution >= 4 is 39.1 Å². The van der Waals surface area contributed by atoms with Gasteiger partial charge in [-0.05, 0) is 18.4 Å². The van der Waals surface area contributed by atoms with Crippen LogP contribution in [0.1, 0.15) is 23.7 Å². The van der Waals surface area contributed by atoms with E-state index in [-0.39, 0.29) is 22.2 Å². The fourth-order valence-corrected chi connectivity index (χ4v) is 2.57. The number of nitrogens with one attached hydrogen (secondary N) is 1. The first kappa shape index (κ1) is 15.9. The molecule has 1 N–H and O–H groups in total. The SMILES string of the molecule is CC(CCBr)CNC(=O)c1c(Cl)cccc1[N+](=O)[O-]. The van der Waals surface area contributed by atoms with Crippen LogP contribution in [0.3, 0.4) is 0 Å². The van der Waals surface area contributed by atoms with E-state index in [1.807, 2.05) is 6.92 Å². The Hall–Kier alpha value is -1.14. The molecule has 0 aliphatic heterocycles. The van der Waals surface area contributed by atoms with Gasteiger partial charge in [0.25, 0.3) is 11.6 Å². The highest BCUT2D eigenvalue weighted by Gasteiger charge is 2.23. The Morgan fingerprint density at radius 3 is 2.84 bits per heavy atom. The molecule has 1 amide bonds. The Labute approximate surface area is 124 Å². The second-order valence-corrected chi connectivity index (χ2v) is 5.38. The van der Waals surface area contributed by atoms with E-state index in [0.29, 0.717) is 6.54 Å². The minimum absolute atomic E-state index is 0.0831. The number of benzene rings is 1. The summed E-state index contributed by atoms with van der Waals surface area (Å²) in [6.45, 7) is 2.44. The van der Waals surface area contributed by atoms with E-state index < -0.39 is 10.8 Å². The van der Waals surface area contributed by atoms with Gasteiger partial charge in [-0.25, -0.2) is 0 Å². The molecule has 1 unspecified atom stereocenters. The van der Waals surface area contributed by atoms with Gasteiger partial charge in [-0.3, -0.25) is 14.9 Å². The first-order chi connectivity index (χ1) is 8.97. The van der Waals surface area contributed by atoms with Crippen molar-refractivity contribution in [2.45, 2.75) is 13.3 Å². The summed E-state index contributed by atoms with van der Waals surface area (Å²) in [5.41, 5.74) is -0.363. The molecule has 104 valence electrons. The summed E-state index contributed by atoms with van der Waals surface area (Å²) in [5, 5.41) is 14.5. The van der Waals surface area contributed by atoms with E-state index in [4.69, 9.17) is 11.6 Å². The predicted molar refractivity (Wildman–Crippen MR) is 78.0 cm³/mol. The van der Waals surface area contributed by atoms with Gasteiger partial charge in [0.2, 0.25) is 0 Å². The molecule has 0 saturated carbocycles. The Kier molecular flexibility index (Phi) is 6.24. The van der Waals surface area contributed by atoms with E-state index in [1.165, 1.54) is 18.2 Å². The summed E-state index contributed by atoms with van der Waals surface area (Å²) in [7, 11) is 0. The van der Waals surface area contributed by atoms with Crippen molar-refractivity contribution in [1.82, 2.24) is 5.32 Å². The lowest BCUT2D eigenvalue weighted by Crippen LogP contribution is -2.29. The second-order valence-electron chi connectivity index (χ2n) is 4.18. The molecule has 5 nitrogen and oxygen atoms in total. The highest BCUT2D eigenvalue weighted by molar-refractivity contribution is 9.09. The van der Waals surface area contributed by atoms with E-state index in [0.717, 1.165) is 11.8 Å². The first-order valence-corrected chi connectivity index (χ1v) is 7.24. The zero-order valence-electron chi connectivity index (χ0n) is 10.4. The summed E-state index contributed by atoms with van der Waals surface area (Å²) < 4.78 is 0. The molecule has 1 rings (SSSR count). The maximum Gasteiger partial charge on any atom is 0.283 e. The quantitative estimate of drug-likeness (QED) is 0.486.